The average Bonchev–Trinajstić information content (AvgIpc) is 3.41. The minimum atomic E-state index is -1.22. The molecule has 2 aliphatic rings. The summed E-state index contributed by atoms with van der Waals surface area (Å²) in [5.41, 5.74) is 0.645. The predicted octanol–water partition coefficient (Wildman–Crippen LogP) is 1.89. The predicted molar refractivity (Wildman–Crippen MR) is 109 cm³/mol. The summed E-state index contributed by atoms with van der Waals surface area (Å²) >= 11 is 0. The molecule has 160 valence electrons. The number of aliphatic hydroxyl groups is 1. The topological polar surface area (TPSA) is 98.9 Å². The van der Waals surface area contributed by atoms with Crippen LogP contribution in [0.1, 0.15) is 23.2 Å². The zero-order valence-electron chi connectivity index (χ0n) is 16.7. The van der Waals surface area contributed by atoms with Crippen molar-refractivity contribution in [1.29, 1.82) is 0 Å². The van der Waals surface area contributed by atoms with Crippen LogP contribution in [0.15, 0.2) is 42.6 Å². The molecule has 0 spiro atoms. The Labute approximate surface area is 177 Å². The second-order valence-corrected chi connectivity index (χ2v) is 8.13. The van der Waals surface area contributed by atoms with Gasteiger partial charge in [-0.1, -0.05) is 18.2 Å². The fraction of sp³-hybridized carbons (Fsp3) is 0.318. The molecular weight excluding hydrogens is 403 g/mol. The van der Waals surface area contributed by atoms with Crippen LogP contribution in [-0.4, -0.2) is 73.7 Å². The molecule has 1 aromatic heterocycles. The maximum Gasteiger partial charge on any atom is 0.256 e. The summed E-state index contributed by atoms with van der Waals surface area (Å²) in [6.45, 7) is 1.23. The number of rotatable bonds is 3. The third-order valence-corrected chi connectivity index (χ3v) is 6.00. The minimum absolute atomic E-state index is 0.0231. The number of hydrogen-bond acceptors (Lipinski definition) is 5. The van der Waals surface area contributed by atoms with Gasteiger partial charge in [0.2, 0.25) is 0 Å². The molecule has 2 amide bonds. The van der Waals surface area contributed by atoms with E-state index in [4.69, 9.17) is 0 Å². The molecule has 8 nitrogen and oxygen atoms in total. The van der Waals surface area contributed by atoms with Gasteiger partial charge in [0.1, 0.15) is 11.4 Å². The maximum absolute atomic E-state index is 14.8. The van der Waals surface area contributed by atoms with Gasteiger partial charge in [0.25, 0.3) is 11.8 Å². The molecule has 3 aromatic rings. The van der Waals surface area contributed by atoms with E-state index in [0.29, 0.717) is 55.7 Å². The van der Waals surface area contributed by atoms with Crippen molar-refractivity contribution in [2.24, 2.45) is 0 Å². The molecule has 1 saturated heterocycles. The first kappa shape index (κ1) is 19.5. The number of amides is 2. The van der Waals surface area contributed by atoms with E-state index in [1.54, 1.807) is 29.2 Å². The Morgan fingerprint density at radius 1 is 0.968 bits per heavy atom. The van der Waals surface area contributed by atoms with Gasteiger partial charge in [-0.25, -0.2) is 4.39 Å². The molecule has 1 aliphatic carbocycles. The molecule has 2 heterocycles. The quantitative estimate of drug-likeness (QED) is 0.626. The summed E-state index contributed by atoms with van der Waals surface area (Å²) in [5, 5.41) is 24.1. The van der Waals surface area contributed by atoms with Crippen LogP contribution in [0, 0.1) is 5.82 Å². The number of nitrogens with zero attached hydrogens (tertiary/aromatic N) is 4. The van der Waals surface area contributed by atoms with E-state index in [1.165, 1.54) is 23.2 Å². The highest BCUT2D eigenvalue weighted by Gasteiger charge is 2.50. The lowest BCUT2D eigenvalue weighted by atomic mass is 10.0. The third-order valence-electron chi connectivity index (χ3n) is 6.00. The zero-order chi connectivity index (χ0) is 21.8. The van der Waals surface area contributed by atoms with Crippen LogP contribution in [0.5, 0.6) is 0 Å². The lowest BCUT2D eigenvalue weighted by Crippen LogP contribution is -2.53. The van der Waals surface area contributed by atoms with Gasteiger partial charge in [-0.3, -0.25) is 9.59 Å². The molecule has 1 aliphatic heterocycles. The van der Waals surface area contributed by atoms with Crippen LogP contribution in [0.2, 0.25) is 0 Å². The van der Waals surface area contributed by atoms with Crippen molar-refractivity contribution in [3.63, 3.8) is 0 Å². The van der Waals surface area contributed by atoms with E-state index in [1.807, 2.05) is 0 Å². The summed E-state index contributed by atoms with van der Waals surface area (Å²) in [6, 6.07) is 9.77. The maximum atomic E-state index is 14.8. The number of piperazine rings is 1. The first-order valence-electron chi connectivity index (χ1n) is 10.1. The summed E-state index contributed by atoms with van der Waals surface area (Å²) in [6.07, 6.45) is 2.44. The fourth-order valence-corrected chi connectivity index (χ4v) is 3.96. The van der Waals surface area contributed by atoms with E-state index in [2.05, 4.69) is 5.10 Å². The molecule has 5 rings (SSSR count). The molecule has 0 unspecified atom stereocenters. The van der Waals surface area contributed by atoms with Crippen molar-refractivity contribution in [3.05, 3.63) is 54.0 Å². The lowest BCUT2D eigenvalue weighted by molar-refractivity contribution is -0.143. The van der Waals surface area contributed by atoms with Gasteiger partial charge >= 0.3 is 0 Å². The van der Waals surface area contributed by atoms with E-state index < -0.39 is 17.3 Å². The second kappa shape index (κ2) is 7.05. The Bertz CT molecular complexity index is 1200. The van der Waals surface area contributed by atoms with Gasteiger partial charge in [0.15, 0.2) is 0 Å². The van der Waals surface area contributed by atoms with E-state index in [-0.39, 0.29) is 11.5 Å². The van der Waals surface area contributed by atoms with Gasteiger partial charge in [0.05, 0.1) is 17.3 Å². The average molecular weight is 424 g/mol. The summed E-state index contributed by atoms with van der Waals surface area (Å²) in [4.78, 5) is 28.9. The van der Waals surface area contributed by atoms with Gasteiger partial charge < -0.3 is 20.1 Å². The number of carbonyl (C=O) groups excluding carboxylic acids is 2. The molecule has 0 bridgehead atoms. The molecule has 2 aromatic carbocycles. The number of aromatic nitrogens is 2. The van der Waals surface area contributed by atoms with Crippen molar-refractivity contribution in [2.45, 2.75) is 18.4 Å². The smallest absolute Gasteiger partial charge is 0.256 e. The summed E-state index contributed by atoms with van der Waals surface area (Å²) < 4.78 is 14.8. The van der Waals surface area contributed by atoms with Crippen molar-refractivity contribution in [2.75, 3.05) is 26.2 Å². The van der Waals surface area contributed by atoms with Crippen molar-refractivity contribution >= 4 is 22.7 Å². The Morgan fingerprint density at radius 2 is 1.61 bits per heavy atom. The van der Waals surface area contributed by atoms with Crippen LogP contribution in [0.25, 0.3) is 22.0 Å². The SMILES string of the molecule is O=C(c1ccc(-c2ccc3cn(O)nc3c2)cc1F)N1CCN(C(=O)C2(O)CC2)CC1. The monoisotopic (exact) mass is 424 g/mol. The number of hydrogen-bond donors (Lipinski definition) is 2. The standard InChI is InChI=1S/C22H21FN4O4/c23-18-11-14(15-1-2-16-13-27(31)24-19(16)12-15)3-4-17(18)20(28)25-7-9-26(10-8-25)21(29)22(30)5-6-22/h1-4,11-13,30-31H,5-10H2. The highest BCUT2D eigenvalue weighted by atomic mass is 19.1. The molecule has 2 N–H and O–H groups in total. The van der Waals surface area contributed by atoms with Gasteiger partial charge in [-0.05, 0) is 42.2 Å². The Balaban J connectivity index is 1.30. The minimum Gasteiger partial charge on any atom is -0.412 e. The first-order valence-corrected chi connectivity index (χ1v) is 10.1. The molecule has 0 atom stereocenters. The normalized spacial score (nSPS) is 17.7. The van der Waals surface area contributed by atoms with Crippen LogP contribution >= 0.6 is 0 Å². The molecular formula is C22H21FN4O4. The number of benzene rings is 2. The van der Waals surface area contributed by atoms with E-state index in [9.17, 15) is 24.3 Å². The fourth-order valence-electron chi connectivity index (χ4n) is 3.96. The van der Waals surface area contributed by atoms with Gasteiger partial charge in [0, 0.05) is 31.6 Å². The molecule has 9 heteroatoms. The first-order chi connectivity index (χ1) is 14.8. The summed E-state index contributed by atoms with van der Waals surface area (Å²) in [5.74, 6) is -1.32. The van der Waals surface area contributed by atoms with Gasteiger partial charge in [-0.2, -0.15) is 0 Å². The Hall–Kier alpha value is -3.46. The molecule has 0 radical (unpaired) electrons. The van der Waals surface area contributed by atoms with Crippen LogP contribution in [0.4, 0.5) is 4.39 Å². The second-order valence-electron chi connectivity index (χ2n) is 8.13. The van der Waals surface area contributed by atoms with E-state index >= 15 is 0 Å². The molecule has 31 heavy (non-hydrogen) atoms. The largest absolute Gasteiger partial charge is 0.412 e. The molecule has 1 saturated carbocycles. The lowest BCUT2D eigenvalue weighted by Gasteiger charge is -2.35. The van der Waals surface area contributed by atoms with Crippen molar-refractivity contribution in [3.8, 4) is 11.1 Å². The number of fused-ring (bicyclic) bond motifs is 1. The summed E-state index contributed by atoms with van der Waals surface area (Å²) in [7, 11) is 0. The van der Waals surface area contributed by atoms with E-state index in [0.717, 1.165) is 10.2 Å². The highest BCUT2D eigenvalue weighted by Crippen LogP contribution is 2.37. The van der Waals surface area contributed by atoms with Crippen molar-refractivity contribution < 1.29 is 24.3 Å². The molecule has 2 fully saturated rings. The van der Waals surface area contributed by atoms with Gasteiger partial charge in [-0.15, -0.1) is 9.94 Å². The number of carbonyl (C=O) groups is 2. The van der Waals surface area contributed by atoms with Crippen LogP contribution < -0.4 is 0 Å². The van der Waals surface area contributed by atoms with Crippen molar-refractivity contribution in [1.82, 2.24) is 19.7 Å². The third kappa shape index (κ3) is 3.50. The Kier molecular flexibility index (Phi) is 4.44. The van der Waals surface area contributed by atoms with Crippen LogP contribution in [-0.2, 0) is 4.79 Å². The Morgan fingerprint density at radius 3 is 2.29 bits per heavy atom. The number of halogens is 1. The highest BCUT2D eigenvalue weighted by molar-refractivity contribution is 5.95. The van der Waals surface area contributed by atoms with Crippen LogP contribution in [0.3, 0.4) is 0 Å². The zero-order valence-corrected chi connectivity index (χ0v) is 16.7.